The van der Waals surface area contributed by atoms with E-state index >= 15 is 0 Å². The number of nitrogens with zero attached hydrogens (tertiary/aromatic N) is 6. The number of methoxy groups -OCH3 is 2. The molecule has 14 heteroatoms. The van der Waals surface area contributed by atoms with E-state index in [0.29, 0.717) is 18.9 Å². The van der Waals surface area contributed by atoms with Crippen molar-refractivity contribution in [2.45, 2.75) is 19.1 Å². The number of hydrogen-bond acceptors (Lipinski definition) is 7. The molecule has 5 aromatic rings. The maximum absolute atomic E-state index is 14.1. The van der Waals surface area contributed by atoms with Gasteiger partial charge >= 0.3 is 5.69 Å². The Morgan fingerprint density at radius 2 is 1.80 bits per heavy atom. The molecule has 6 rings (SSSR count). The van der Waals surface area contributed by atoms with Gasteiger partial charge in [0.15, 0.2) is 17.5 Å². The topological polar surface area (TPSA) is 95.9 Å². The molecule has 1 atom stereocenters. The van der Waals surface area contributed by atoms with Crippen LogP contribution in [-0.4, -0.2) is 56.9 Å². The first kappa shape index (κ1) is 26.5. The lowest BCUT2D eigenvalue weighted by Crippen LogP contribution is -2.40. The van der Waals surface area contributed by atoms with Crippen molar-refractivity contribution in [3.63, 3.8) is 0 Å². The molecule has 0 amide bonds. The SMILES string of the molecule is COc1nc(N2CC[C@@H](OC)C2)cc2c1c(=O)n(-c1cnc3cc(F)ccn13)c(=O)n2Cc1cc(F)c(F)c(F)c1. The molecule has 10 nitrogen and oxygen atoms in total. The summed E-state index contributed by atoms with van der Waals surface area (Å²) in [5.74, 6) is -4.81. The fraction of sp³-hybridized carbons (Fsp3) is 0.259. The Bertz CT molecular complexity index is 1930. The molecule has 0 radical (unpaired) electrons. The Balaban J connectivity index is 1.66. The molecule has 1 fully saturated rings. The van der Waals surface area contributed by atoms with Crippen LogP contribution < -0.4 is 20.9 Å². The number of fused-ring (bicyclic) bond motifs is 2. The summed E-state index contributed by atoms with van der Waals surface area (Å²) >= 11 is 0. The number of rotatable bonds is 6. The highest BCUT2D eigenvalue weighted by atomic mass is 19.2. The smallest absolute Gasteiger partial charge is 0.337 e. The number of hydrogen-bond donors (Lipinski definition) is 0. The van der Waals surface area contributed by atoms with Crippen molar-refractivity contribution in [3.8, 4) is 11.7 Å². The van der Waals surface area contributed by atoms with Crippen molar-refractivity contribution in [1.82, 2.24) is 23.5 Å². The number of pyridine rings is 2. The maximum atomic E-state index is 14.1. The zero-order chi connectivity index (χ0) is 29.0. The van der Waals surface area contributed by atoms with Crippen molar-refractivity contribution in [3.05, 3.63) is 92.4 Å². The number of imidazole rings is 1. The first-order valence-corrected chi connectivity index (χ1v) is 12.5. The largest absolute Gasteiger partial charge is 0.480 e. The molecule has 4 aromatic heterocycles. The van der Waals surface area contributed by atoms with Crippen LogP contribution in [0.2, 0.25) is 0 Å². The lowest BCUT2D eigenvalue weighted by Gasteiger charge is -2.21. The molecule has 0 saturated carbocycles. The third-order valence-electron chi connectivity index (χ3n) is 7.15. The Kier molecular flexibility index (Phi) is 6.49. The van der Waals surface area contributed by atoms with Gasteiger partial charge in [0.2, 0.25) is 5.88 Å². The molecule has 0 bridgehead atoms. The summed E-state index contributed by atoms with van der Waals surface area (Å²) in [6.07, 6.45) is 3.18. The van der Waals surface area contributed by atoms with Crippen LogP contribution in [0.25, 0.3) is 22.4 Å². The molecule has 212 valence electrons. The van der Waals surface area contributed by atoms with Gasteiger partial charge in [0.05, 0.1) is 31.5 Å². The second-order valence-electron chi connectivity index (χ2n) is 9.55. The summed E-state index contributed by atoms with van der Waals surface area (Å²) < 4.78 is 70.0. The van der Waals surface area contributed by atoms with E-state index in [-0.39, 0.29) is 39.9 Å². The van der Waals surface area contributed by atoms with Crippen molar-refractivity contribution >= 4 is 22.4 Å². The molecule has 0 aliphatic carbocycles. The number of aromatic nitrogens is 5. The Morgan fingerprint density at radius 1 is 1.05 bits per heavy atom. The average molecular weight is 571 g/mol. The fourth-order valence-electron chi connectivity index (χ4n) is 5.12. The summed E-state index contributed by atoms with van der Waals surface area (Å²) in [4.78, 5) is 38.5. The molecule has 5 heterocycles. The Labute approximate surface area is 228 Å². The van der Waals surface area contributed by atoms with E-state index in [2.05, 4.69) is 9.97 Å². The summed E-state index contributed by atoms with van der Waals surface area (Å²) in [6, 6.07) is 5.31. The lowest BCUT2D eigenvalue weighted by molar-refractivity contribution is 0.121. The van der Waals surface area contributed by atoms with Gasteiger partial charge in [-0.15, -0.1) is 0 Å². The summed E-state index contributed by atoms with van der Waals surface area (Å²) in [6.45, 7) is 0.628. The van der Waals surface area contributed by atoms with Gasteiger partial charge < -0.3 is 14.4 Å². The van der Waals surface area contributed by atoms with E-state index in [0.717, 1.165) is 39.8 Å². The van der Waals surface area contributed by atoms with Gasteiger partial charge in [-0.3, -0.25) is 13.8 Å². The van der Waals surface area contributed by atoms with E-state index in [9.17, 15) is 27.2 Å². The van der Waals surface area contributed by atoms with Crippen molar-refractivity contribution in [2.24, 2.45) is 0 Å². The van der Waals surface area contributed by atoms with E-state index < -0.39 is 41.1 Å². The molecule has 1 aliphatic rings. The molecular weight excluding hydrogens is 548 g/mol. The monoisotopic (exact) mass is 570 g/mol. The van der Waals surface area contributed by atoms with Crippen LogP contribution in [0.1, 0.15) is 12.0 Å². The lowest BCUT2D eigenvalue weighted by atomic mass is 10.2. The first-order chi connectivity index (χ1) is 19.7. The molecule has 1 saturated heterocycles. The summed E-state index contributed by atoms with van der Waals surface area (Å²) in [7, 11) is 2.91. The third kappa shape index (κ3) is 4.40. The highest BCUT2D eigenvalue weighted by Gasteiger charge is 2.27. The van der Waals surface area contributed by atoms with Crippen LogP contribution in [-0.2, 0) is 11.3 Å². The normalized spacial score (nSPS) is 15.4. The van der Waals surface area contributed by atoms with Gasteiger partial charge in [-0.25, -0.2) is 31.9 Å². The zero-order valence-corrected chi connectivity index (χ0v) is 21.8. The van der Waals surface area contributed by atoms with E-state index in [4.69, 9.17) is 9.47 Å². The maximum Gasteiger partial charge on any atom is 0.337 e. The minimum atomic E-state index is -1.65. The predicted octanol–water partition coefficient (Wildman–Crippen LogP) is 3.03. The van der Waals surface area contributed by atoms with Crippen LogP contribution in [0, 0.1) is 23.3 Å². The predicted molar refractivity (Wildman–Crippen MR) is 140 cm³/mol. The molecule has 0 spiro atoms. The highest BCUT2D eigenvalue weighted by molar-refractivity contribution is 5.86. The third-order valence-corrected chi connectivity index (χ3v) is 7.15. The minimum Gasteiger partial charge on any atom is -0.480 e. The summed E-state index contributed by atoms with van der Waals surface area (Å²) in [5.41, 5.74) is -1.58. The standard InChI is InChI=1S/C27H22F4N6O4/c1-40-16-4-5-34(13-16)21-10-19-23(25(33-21)41-2)26(38)37(22-11-32-20-9-15(28)3-6-35(20)22)27(39)36(19)12-14-7-17(29)24(31)18(30)8-14/h3,6-11,16H,4-5,12-13H2,1-2H3/t16-/m1/s1. The number of halogens is 4. The van der Waals surface area contributed by atoms with Crippen molar-refractivity contribution in [1.29, 1.82) is 0 Å². The number of ether oxygens (including phenoxy) is 2. The van der Waals surface area contributed by atoms with Gasteiger partial charge in [0.1, 0.15) is 28.5 Å². The van der Waals surface area contributed by atoms with Crippen molar-refractivity contribution in [2.75, 3.05) is 32.2 Å². The molecule has 1 aromatic carbocycles. The van der Waals surface area contributed by atoms with Crippen LogP contribution in [0.5, 0.6) is 5.88 Å². The van der Waals surface area contributed by atoms with Crippen LogP contribution >= 0.6 is 0 Å². The quantitative estimate of drug-likeness (QED) is 0.229. The number of benzene rings is 1. The molecule has 0 unspecified atom stereocenters. The Hall–Kier alpha value is -4.72. The van der Waals surface area contributed by atoms with Crippen LogP contribution in [0.4, 0.5) is 23.4 Å². The summed E-state index contributed by atoms with van der Waals surface area (Å²) in [5, 5.41) is -0.0987. The van der Waals surface area contributed by atoms with Crippen LogP contribution in [0.15, 0.2) is 52.3 Å². The Morgan fingerprint density at radius 3 is 2.49 bits per heavy atom. The van der Waals surface area contributed by atoms with Gasteiger partial charge in [-0.2, -0.15) is 4.98 Å². The van der Waals surface area contributed by atoms with E-state index in [1.165, 1.54) is 30.0 Å². The second-order valence-corrected chi connectivity index (χ2v) is 9.55. The van der Waals surface area contributed by atoms with Gasteiger partial charge in [0, 0.05) is 38.5 Å². The fourth-order valence-corrected chi connectivity index (χ4v) is 5.12. The average Bonchev–Trinajstić information content (AvgIpc) is 3.60. The minimum absolute atomic E-state index is 0.0178. The van der Waals surface area contributed by atoms with Crippen LogP contribution in [0.3, 0.4) is 0 Å². The van der Waals surface area contributed by atoms with Gasteiger partial charge in [-0.05, 0) is 30.2 Å². The van der Waals surface area contributed by atoms with E-state index in [1.807, 2.05) is 4.90 Å². The second kappa shape index (κ2) is 10.0. The molecule has 0 N–H and O–H groups in total. The van der Waals surface area contributed by atoms with Crippen molar-refractivity contribution < 1.29 is 27.0 Å². The zero-order valence-electron chi connectivity index (χ0n) is 21.8. The molecule has 41 heavy (non-hydrogen) atoms. The van der Waals surface area contributed by atoms with E-state index in [1.54, 1.807) is 7.11 Å². The van der Waals surface area contributed by atoms with Gasteiger partial charge in [-0.1, -0.05) is 0 Å². The molecule has 1 aliphatic heterocycles. The van der Waals surface area contributed by atoms with Gasteiger partial charge in [0.25, 0.3) is 5.56 Å². The molecular formula is C27H22F4N6O4. The highest BCUT2D eigenvalue weighted by Crippen LogP contribution is 2.29. The first-order valence-electron chi connectivity index (χ1n) is 12.5. The number of anilines is 1.